The molecule has 24 heavy (non-hydrogen) atoms. The Morgan fingerprint density at radius 2 is 1.75 bits per heavy atom. The lowest BCUT2D eigenvalue weighted by molar-refractivity contribution is 0.0186. The molecule has 6 heteroatoms. The van der Waals surface area contributed by atoms with Gasteiger partial charge in [0.2, 0.25) is 0 Å². The van der Waals surface area contributed by atoms with E-state index in [4.69, 9.17) is 19.9 Å². The van der Waals surface area contributed by atoms with Gasteiger partial charge in [0, 0.05) is 31.1 Å². The molecule has 2 N–H and O–H groups in total. The second-order valence-electron chi connectivity index (χ2n) is 7.13. The predicted octanol–water partition coefficient (Wildman–Crippen LogP) is 2.76. The van der Waals surface area contributed by atoms with Crippen molar-refractivity contribution in [3.05, 3.63) is 23.8 Å². The molecule has 2 unspecified atom stereocenters. The van der Waals surface area contributed by atoms with E-state index in [1.165, 1.54) is 0 Å². The van der Waals surface area contributed by atoms with Crippen LogP contribution >= 0.6 is 0 Å². The normalized spacial score (nSPS) is 21.3. The lowest BCUT2D eigenvalue weighted by atomic mass is 9.85. The highest BCUT2D eigenvalue weighted by Crippen LogP contribution is 2.33. The number of amides is 1. The van der Waals surface area contributed by atoms with E-state index in [1.54, 1.807) is 19.1 Å². The zero-order valence-electron chi connectivity index (χ0n) is 15.2. The molecule has 1 heterocycles. The number of nitrogens with two attached hydrogens (primary N) is 1. The van der Waals surface area contributed by atoms with Gasteiger partial charge in [-0.2, -0.15) is 0 Å². The largest absolute Gasteiger partial charge is 0.497 e. The number of likely N-dealkylation sites (tertiary alicyclic amines) is 1. The molecular formula is C18H28N2O4. The maximum atomic E-state index is 12.2. The second-order valence-corrected chi connectivity index (χ2v) is 7.13. The monoisotopic (exact) mass is 336 g/mol. The Balaban J connectivity index is 2.10. The van der Waals surface area contributed by atoms with Crippen molar-refractivity contribution in [1.29, 1.82) is 0 Å². The van der Waals surface area contributed by atoms with E-state index in [0.717, 1.165) is 23.5 Å². The molecule has 0 bridgehead atoms. The number of carbonyl (C=O) groups excluding carboxylic acids is 1. The van der Waals surface area contributed by atoms with Crippen LogP contribution in [0.1, 0.15) is 38.7 Å². The summed E-state index contributed by atoms with van der Waals surface area (Å²) in [5.74, 6) is 1.63. The minimum atomic E-state index is -0.502. The van der Waals surface area contributed by atoms with E-state index in [9.17, 15) is 4.79 Å². The molecule has 0 aromatic heterocycles. The molecule has 2 rings (SSSR count). The molecule has 2 atom stereocenters. The van der Waals surface area contributed by atoms with Gasteiger partial charge >= 0.3 is 6.09 Å². The summed E-state index contributed by atoms with van der Waals surface area (Å²) in [6, 6.07) is 5.64. The number of hydrogen-bond acceptors (Lipinski definition) is 5. The van der Waals surface area contributed by atoms with Crippen molar-refractivity contribution in [2.45, 2.75) is 44.8 Å². The summed E-state index contributed by atoms with van der Waals surface area (Å²) < 4.78 is 16.1. The van der Waals surface area contributed by atoms with E-state index >= 15 is 0 Å². The molecule has 6 nitrogen and oxygen atoms in total. The average Bonchev–Trinajstić information content (AvgIpc) is 2.52. The summed E-state index contributed by atoms with van der Waals surface area (Å²) in [6.07, 6.45) is 0.469. The summed E-state index contributed by atoms with van der Waals surface area (Å²) in [7, 11) is 3.26. The number of nitrogens with zero attached hydrogens (tertiary/aromatic N) is 1. The minimum Gasteiger partial charge on any atom is -0.497 e. The number of rotatable bonds is 3. The summed E-state index contributed by atoms with van der Waals surface area (Å²) in [6.45, 7) is 6.67. The molecule has 0 radical (unpaired) electrons. The van der Waals surface area contributed by atoms with Crippen LogP contribution in [-0.4, -0.2) is 49.9 Å². The molecule has 1 aliphatic heterocycles. The first-order valence-corrected chi connectivity index (χ1v) is 8.20. The zero-order chi connectivity index (χ0) is 17.9. The molecular weight excluding hydrogens is 308 g/mol. The van der Waals surface area contributed by atoms with Gasteiger partial charge in [-0.1, -0.05) is 0 Å². The van der Waals surface area contributed by atoms with Gasteiger partial charge in [-0.25, -0.2) is 4.79 Å². The highest BCUT2D eigenvalue weighted by Gasteiger charge is 2.32. The number of ether oxygens (including phenoxy) is 3. The van der Waals surface area contributed by atoms with Crippen LogP contribution in [0.4, 0.5) is 4.79 Å². The Labute approximate surface area is 143 Å². The molecule has 1 amide bonds. The zero-order valence-corrected chi connectivity index (χ0v) is 15.2. The lowest BCUT2D eigenvalue weighted by Crippen LogP contribution is -2.50. The van der Waals surface area contributed by atoms with Gasteiger partial charge < -0.3 is 24.8 Å². The Hall–Kier alpha value is -1.95. The number of benzene rings is 1. The molecule has 1 saturated heterocycles. The van der Waals surface area contributed by atoms with Gasteiger partial charge in [0.1, 0.15) is 17.1 Å². The molecule has 0 aliphatic carbocycles. The van der Waals surface area contributed by atoms with Crippen molar-refractivity contribution < 1.29 is 19.0 Å². The second kappa shape index (κ2) is 7.30. The molecule has 0 spiro atoms. The summed E-state index contributed by atoms with van der Waals surface area (Å²) in [4.78, 5) is 13.9. The number of carbonyl (C=O) groups is 1. The smallest absolute Gasteiger partial charge is 0.410 e. The highest BCUT2D eigenvalue weighted by atomic mass is 16.6. The predicted molar refractivity (Wildman–Crippen MR) is 92.7 cm³/mol. The maximum absolute atomic E-state index is 12.2. The number of hydrogen-bond donors (Lipinski definition) is 1. The SMILES string of the molecule is COc1cc(OC)cc(C2CCN(C(=O)OC(C)(C)C)CC2N)c1. The van der Waals surface area contributed by atoms with Crippen LogP contribution < -0.4 is 15.2 Å². The van der Waals surface area contributed by atoms with E-state index in [-0.39, 0.29) is 18.1 Å². The van der Waals surface area contributed by atoms with E-state index in [2.05, 4.69) is 0 Å². The van der Waals surface area contributed by atoms with Gasteiger partial charge in [-0.05, 0) is 44.9 Å². The Morgan fingerprint density at radius 1 is 1.17 bits per heavy atom. The van der Waals surface area contributed by atoms with Gasteiger partial charge in [0.15, 0.2) is 0 Å². The third kappa shape index (κ3) is 4.54. The van der Waals surface area contributed by atoms with Crippen LogP contribution in [0, 0.1) is 0 Å². The first-order valence-electron chi connectivity index (χ1n) is 8.20. The van der Waals surface area contributed by atoms with E-state index in [1.807, 2.05) is 39.0 Å². The van der Waals surface area contributed by atoms with Crippen LogP contribution in [0.5, 0.6) is 11.5 Å². The number of methoxy groups -OCH3 is 2. The summed E-state index contributed by atoms with van der Waals surface area (Å²) >= 11 is 0. The van der Waals surface area contributed by atoms with Crippen LogP contribution in [0.25, 0.3) is 0 Å². The van der Waals surface area contributed by atoms with Gasteiger partial charge in [-0.15, -0.1) is 0 Å². The van der Waals surface area contributed by atoms with Gasteiger partial charge in [-0.3, -0.25) is 0 Å². The highest BCUT2D eigenvalue weighted by molar-refractivity contribution is 5.68. The molecule has 1 aliphatic rings. The fraction of sp³-hybridized carbons (Fsp3) is 0.611. The Kier molecular flexibility index (Phi) is 5.59. The van der Waals surface area contributed by atoms with Crippen molar-refractivity contribution in [1.82, 2.24) is 4.90 Å². The van der Waals surface area contributed by atoms with Gasteiger partial charge in [0.05, 0.1) is 14.2 Å². The van der Waals surface area contributed by atoms with Crippen molar-refractivity contribution in [3.63, 3.8) is 0 Å². The maximum Gasteiger partial charge on any atom is 0.410 e. The van der Waals surface area contributed by atoms with Crippen molar-refractivity contribution in [2.75, 3.05) is 27.3 Å². The minimum absolute atomic E-state index is 0.146. The van der Waals surface area contributed by atoms with E-state index < -0.39 is 5.60 Å². The van der Waals surface area contributed by atoms with Crippen molar-refractivity contribution >= 4 is 6.09 Å². The quantitative estimate of drug-likeness (QED) is 0.919. The fourth-order valence-electron chi connectivity index (χ4n) is 2.93. The van der Waals surface area contributed by atoms with Crippen LogP contribution in [0.15, 0.2) is 18.2 Å². The van der Waals surface area contributed by atoms with Crippen LogP contribution in [-0.2, 0) is 4.74 Å². The van der Waals surface area contributed by atoms with Crippen LogP contribution in [0.3, 0.4) is 0 Å². The molecule has 134 valence electrons. The van der Waals surface area contributed by atoms with Gasteiger partial charge in [0.25, 0.3) is 0 Å². The summed E-state index contributed by atoms with van der Waals surface area (Å²) in [5.41, 5.74) is 6.92. The van der Waals surface area contributed by atoms with Crippen molar-refractivity contribution in [3.8, 4) is 11.5 Å². The topological polar surface area (TPSA) is 74.0 Å². The first kappa shape index (κ1) is 18.4. The van der Waals surface area contributed by atoms with E-state index in [0.29, 0.717) is 13.1 Å². The average molecular weight is 336 g/mol. The summed E-state index contributed by atoms with van der Waals surface area (Å²) in [5, 5.41) is 0. The Morgan fingerprint density at radius 3 is 2.21 bits per heavy atom. The third-order valence-corrected chi connectivity index (χ3v) is 4.11. The fourth-order valence-corrected chi connectivity index (χ4v) is 2.93. The lowest BCUT2D eigenvalue weighted by Gasteiger charge is -2.37. The molecule has 0 saturated carbocycles. The Bertz CT molecular complexity index is 561. The standard InChI is InChI=1S/C18H28N2O4/c1-18(2,3)24-17(21)20-7-6-15(16(19)11-20)12-8-13(22-4)10-14(9-12)23-5/h8-10,15-16H,6-7,11,19H2,1-5H3. The van der Waals surface area contributed by atoms with Crippen molar-refractivity contribution in [2.24, 2.45) is 5.73 Å². The molecule has 1 aromatic rings. The molecule has 1 fully saturated rings. The number of piperidine rings is 1. The molecule has 1 aromatic carbocycles. The third-order valence-electron chi connectivity index (χ3n) is 4.11. The first-order chi connectivity index (χ1) is 11.2. The van der Waals surface area contributed by atoms with Crippen LogP contribution in [0.2, 0.25) is 0 Å².